The topological polar surface area (TPSA) is 81.9 Å². The Bertz CT molecular complexity index is 527. The Morgan fingerprint density at radius 1 is 1.31 bits per heavy atom. The van der Waals surface area contributed by atoms with Crippen LogP contribution in [0.25, 0.3) is 0 Å². The Hall–Kier alpha value is -1.63. The maximum atomic E-state index is 11.4. The van der Waals surface area contributed by atoms with Gasteiger partial charge in [-0.3, -0.25) is 4.31 Å². The summed E-state index contributed by atoms with van der Waals surface area (Å²) < 4.78 is 34.2. The first kappa shape index (κ1) is 10.9. The van der Waals surface area contributed by atoms with E-state index in [0.29, 0.717) is 22.9 Å². The van der Waals surface area contributed by atoms with E-state index in [-0.39, 0.29) is 6.79 Å². The average Bonchev–Trinajstić information content (AvgIpc) is 2.60. The van der Waals surface area contributed by atoms with Gasteiger partial charge in [0.25, 0.3) is 0 Å². The van der Waals surface area contributed by atoms with E-state index >= 15 is 0 Å². The van der Waals surface area contributed by atoms with Crippen molar-refractivity contribution in [1.82, 2.24) is 0 Å². The Morgan fingerprint density at radius 2 is 1.88 bits per heavy atom. The van der Waals surface area contributed by atoms with E-state index in [9.17, 15) is 8.42 Å². The van der Waals surface area contributed by atoms with Crippen LogP contribution in [-0.4, -0.2) is 28.5 Å². The van der Waals surface area contributed by atoms with Gasteiger partial charge in [-0.05, 0) is 0 Å². The van der Waals surface area contributed by atoms with Gasteiger partial charge in [-0.2, -0.15) is 0 Å². The number of nitrogen functional groups attached to an aromatic ring is 1. The summed E-state index contributed by atoms with van der Waals surface area (Å²) in [5, 5.41) is 0. The second-order valence-corrected chi connectivity index (χ2v) is 5.51. The van der Waals surface area contributed by atoms with Crippen LogP contribution in [-0.2, 0) is 10.0 Å². The van der Waals surface area contributed by atoms with Gasteiger partial charge in [0.15, 0.2) is 11.5 Å². The van der Waals surface area contributed by atoms with Gasteiger partial charge < -0.3 is 15.2 Å². The summed E-state index contributed by atoms with van der Waals surface area (Å²) in [7, 11) is -1.91. The Balaban J connectivity index is 2.50. The fraction of sp³-hybridized carbons (Fsp3) is 0.333. The molecule has 1 aliphatic heterocycles. The fourth-order valence-corrected chi connectivity index (χ4v) is 1.91. The van der Waals surface area contributed by atoms with E-state index in [0.717, 1.165) is 10.6 Å². The van der Waals surface area contributed by atoms with Crippen LogP contribution in [0.15, 0.2) is 12.1 Å². The minimum absolute atomic E-state index is 0.126. The standard InChI is InChI=1S/C9H12N2O4S/c1-11(16(2,12)13)7-4-9-8(3-6(7)10)14-5-15-9/h3-4H,5,10H2,1-2H3. The van der Waals surface area contributed by atoms with E-state index in [1.807, 2.05) is 0 Å². The molecule has 1 heterocycles. The van der Waals surface area contributed by atoms with E-state index < -0.39 is 10.0 Å². The van der Waals surface area contributed by atoms with Crippen LogP contribution in [0.4, 0.5) is 11.4 Å². The molecule has 1 aromatic rings. The number of fused-ring (bicyclic) bond motifs is 1. The summed E-state index contributed by atoms with van der Waals surface area (Å²) in [5.41, 5.74) is 6.46. The van der Waals surface area contributed by atoms with Crippen molar-refractivity contribution in [2.75, 3.05) is 30.1 Å². The molecule has 0 unspecified atom stereocenters. The molecule has 1 aliphatic rings. The van der Waals surface area contributed by atoms with Gasteiger partial charge in [-0.25, -0.2) is 8.42 Å². The molecule has 7 heteroatoms. The van der Waals surface area contributed by atoms with Crippen LogP contribution in [0, 0.1) is 0 Å². The number of sulfonamides is 1. The van der Waals surface area contributed by atoms with Crippen molar-refractivity contribution >= 4 is 21.4 Å². The van der Waals surface area contributed by atoms with Crippen LogP contribution in [0.5, 0.6) is 11.5 Å². The van der Waals surface area contributed by atoms with Crippen LogP contribution in [0.2, 0.25) is 0 Å². The SMILES string of the molecule is CN(c1cc2c(cc1N)OCO2)S(C)(=O)=O. The molecule has 2 N–H and O–H groups in total. The highest BCUT2D eigenvalue weighted by atomic mass is 32.2. The van der Waals surface area contributed by atoms with E-state index in [1.165, 1.54) is 7.05 Å². The van der Waals surface area contributed by atoms with Gasteiger partial charge in [0.1, 0.15) is 0 Å². The minimum Gasteiger partial charge on any atom is -0.454 e. The third-order valence-corrected chi connectivity index (χ3v) is 3.55. The zero-order valence-electron chi connectivity index (χ0n) is 8.93. The van der Waals surface area contributed by atoms with Crippen molar-refractivity contribution in [2.45, 2.75) is 0 Å². The Kier molecular flexibility index (Phi) is 2.34. The molecule has 0 aromatic heterocycles. The van der Waals surface area contributed by atoms with E-state index in [2.05, 4.69) is 0 Å². The largest absolute Gasteiger partial charge is 0.454 e. The molecule has 0 atom stereocenters. The number of benzene rings is 1. The van der Waals surface area contributed by atoms with Crippen LogP contribution in [0.1, 0.15) is 0 Å². The van der Waals surface area contributed by atoms with Gasteiger partial charge >= 0.3 is 0 Å². The molecular weight excluding hydrogens is 232 g/mol. The third kappa shape index (κ3) is 1.73. The smallest absolute Gasteiger partial charge is 0.232 e. The molecule has 0 bridgehead atoms. The lowest BCUT2D eigenvalue weighted by Crippen LogP contribution is -2.25. The molecule has 6 nitrogen and oxygen atoms in total. The first-order valence-electron chi connectivity index (χ1n) is 4.52. The molecular formula is C9H12N2O4S. The Morgan fingerprint density at radius 3 is 2.44 bits per heavy atom. The van der Waals surface area contributed by atoms with Crippen molar-refractivity contribution in [3.8, 4) is 11.5 Å². The molecule has 88 valence electrons. The lowest BCUT2D eigenvalue weighted by Gasteiger charge is -2.18. The van der Waals surface area contributed by atoms with Crippen molar-refractivity contribution in [3.05, 3.63) is 12.1 Å². The zero-order chi connectivity index (χ0) is 11.9. The molecule has 1 aromatic carbocycles. The first-order valence-corrected chi connectivity index (χ1v) is 6.37. The molecule has 0 radical (unpaired) electrons. The number of ether oxygens (including phenoxy) is 2. The molecule has 0 fully saturated rings. The molecule has 0 saturated carbocycles. The number of nitrogens with two attached hydrogens (primary N) is 1. The normalized spacial score (nSPS) is 13.9. The quantitative estimate of drug-likeness (QED) is 0.761. The monoisotopic (exact) mass is 244 g/mol. The maximum absolute atomic E-state index is 11.4. The van der Waals surface area contributed by atoms with Crippen LogP contribution < -0.4 is 19.5 Å². The number of hydrogen-bond donors (Lipinski definition) is 1. The van der Waals surface area contributed by atoms with Gasteiger partial charge in [0.2, 0.25) is 16.8 Å². The zero-order valence-corrected chi connectivity index (χ0v) is 9.74. The molecule has 16 heavy (non-hydrogen) atoms. The van der Waals surface area contributed by atoms with Crippen molar-refractivity contribution in [1.29, 1.82) is 0 Å². The molecule has 0 aliphatic carbocycles. The van der Waals surface area contributed by atoms with E-state index in [1.54, 1.807) is 12.1 Å². The van der Waals surface area contributed by atoms with Crippen molar-refractivity contribution in [3.63, 3.8) is 0 Å². The van der Waals surface area contributed by atoms with E-state index in [4.69, 9.17) is 15.2 Å². The summed E-state index contributed by atoms with van der Waals surface area (Å²) in [5.74, 6) is 1.03. The summed E-state index contributed by atoms with van der Waals surface area (Å²) >= 11 is 0. The van der Waals surface area contributed by atoms with Crippen LogP contribution >= 0.6 is 0 Å². The third-order valence-electron chi connectivity index (χ3n) is 2.36. The number of hydrogen-bond acceptors (Lipinski definition) is 5. The average molecular weight is 244 g/mol. The van der Waals surface area contributed by atoms with Gasteiger partial charge in [0.05, 0.1) is 17.6 Å². The second-order valence-electron chi connectivity index (χ2n) is 3.49. The molecule has 0 spiro atoms. The van der Waals surface area contributed by atoms with Gasteiger partial charge in [0, 0.05) is 19.2 Å². The van der Waals surface area contributed by atoms with Gasteiger partial charge in [-0.1, -0.05) is 0 Å². The highest BCUT2D eigenvalue weighted by Crippen LogP contribution is 2.39. The minimum atomic E-state index is -3.34. The predicted molar refractivity (Wildman–Crippen MR) is 60.2 cm³/mol. The Labute approximate surface area is 93.6 Å². The lowest BCUT2D eigenvalue weighted by molar-refractivity contribution is 0.174. The highest BCUT2D eigenvalue weighted by molar-refractivity contribution is 7.92. The molecule has 0 saturated heterocycles. The molecule has 0 amide bonds. The summed E-state index contributed by atoms with van der Waals surface area (Å²) in [6.07, 6.45) is 1.11. The summed E-state index contributed by atoms with van der Waals surface area (Å²) in [4.78, 5) is 0. The van der Waals surface area contributed by atoms with Crippen molar-refractivity contribution < 1.29 is 17.9 Å². The lowest BCUT2D eigenvalue weighted by atomic mass is 10.2. The highest BCUT2D eigenvalue weighted by Gasteiger charge is 2.21. The fourth-order valence-electron chi connectivity index (χ4n) is 1.40. The first-order chi connectivity index (χ1) is 7.39. The van der Waals surface area contributed by atoms with Gasteiger partial charge in [-0.15, -0.1) is 0 Å². The summed E-state index contributed by atoms with van der Waals surface area (Å²) in [6, 6.07) is 3.11. The number of nitrogens with zero attached hydrogens (tertiary/aromatic N) is 1. The molecule has 2 rings (SSSR count). The van der Waals surface area contributed by atoms with Crippen molar-refractivity contribution in [2.24, 2.45) is 0 Å². The van der Waals surface area contributed by atoms with Crippen LogP contribution in [0.3, 0.4) is 0 Å². The predicted octanol–water partition coefficient (Wildman–Crippen LogP) is 0.393. The number of anilines is 2. The second kappa shape index (κ2) is 3.44. The maximum Gasteiger partial charge on any atom is 0.232 e. The number of rotatable bonds is 2. The summed E-state index contributed by atoms with van der Waals surface area (Å²) in [6.45, 7) is 0.126.